The number of ether oxygens (including phenoxy) is 1. The zero-order chi connectivity index (χ0) is 14.1. The highest BCUT2D eigenvalue weighted by Gasteiger charge is 2.24. The highest BCUT2D eigenvalue weighted by Crippen LogP contribution is 2.29. The summed E-state index contributed by atoms with van der Waals surface area (Å²) in [5, 5.41) is 0.543. The van der Waals surface area contributed by atoms with Gasteiger partial charge in [0.05, 0.1) is 6.10 Å². The van der Waals surface area contributed by atoms with Gasteiger partial charge in [-0.25, -0.2) is 0 Å². The van der Waals surface area contributed by atoms with Gasteiger partial charge in [-0.1, -0.05) is 39.7 Å². The number of benzene rings is 2. The third-order valence-corrected chi connectivity index (χ3v) is 4.02. The fraction of sp³-hybridized carbons (Fsp3) is 0.188. The number of hydrogen-bond donors (Lipinski definition) is 0. The molecule has 1 aliphatic carbocycles. The molecule has 3 rings (SSSR count). The monoisotopic (exact) mass is 350 g/mol. The molecule has 1 aliphatic rings. The fourth-order valence-corrected chi connectivity index (χ4v) is 2.51. The molecule has 102 valence electrons. The molecular weight excluding hydrogens is 340 g/mol. The topological polar surface area (TPSA) is 26.3 Å². The van der Waals surface area contributed by atoms with Crippen LogP contribution in [-0.2, 0) is 0 Å². The molecular formula is C16H12BrClO2. The number of halogens is 2. The minimum absolute atomic E-state index is 0.0689. The lowest BCUT2D eigenvalue weighted by Gasteiger charge is -2.08. The summed E-state index contributed by atoms with van der Waals surface area (Å²) in [6, 6.07) is 12.5. The van der Waals surface area contributed by atoms with Gasteiger partial charge in [0.15, 0.2) is 5.78 Å². The predicted molar refractivity (Wildman–Crippen MR) is 82.7 cm³/mol. The zero-order valence-corrected chi connectivity index (χ0v) is 12.9. The van der Waals surface area contributed by atoms with Crippen molar-refractivity contribution in [2.45, 2.75) is 18.9 Å². The van der Waals surface area contributed by atoms with Gasteiger partial charge in [-0.05, 0) is 43.2 Å². The van der Waals surface area contributed by atoms with Crippen LogP contribution < -0.4 is 4.74 Å². The first-order valence-corrected chi connectivity index (χ1v) is 7.57. The zero-order valence-electron chi connectivity index (χ0n) is 10.6. The molecule has 0 bridgehead atoms. The van der Waals surface area contributed by atoms with Crippen LogP contribution in [0.25, 0.3) is 0 Å². The molecule has 0 aliphatic heterocycles. The molecule has 0 N–H and O–H groups in total. The van der Waals surface area contributed by atoms with Crippen molar-refractivity contribution in [3.63, 3.8) is 0 Å². The van der Waals surface area contributed by atoms with E-state index in [1.165, 1.54) is 0 Å². The normalized spacial score (nSPS) is 14.1. The average Bonchev–Trinajstić information content (AvgIpc) is 3.25. The second-order valence-electron chi connectivity index (χ2n) is 4.80. The van der Waals surface area contributed by atoms with Crippen molar-refractivity contribution in [3.05, 3.63) is 63.1 Å². The molecule has 2 aromatic carbocycles. The maximum Gasteiger partial charge on any atom is 0.194 e. The van der Waals surface area contributed by atoms with Gasteiger partial charge in [0, 0.05) is 20.6 Å². The Morgan fingerprint density at radius 3 is 2.75 bits per heavy atom. The average molecular weight is 352 g/mol. The van der Waals surface area contributed by atoms with Gasteiger partial charge in [-0.2, -0.15) is 0 Å². The van der Waals surface area contributed by atoms with Crippen molar-refractivity contribution in [1.82, 2.24) is 0 Å². The highest BCUT2D eigenvalue weighted by atomic mass is 79.9. The lowest BCUT2D eigenvalue weighted by Crippen LogP contribution is -2.03. The van der Waals surface area contributed by atoms with Gasteiger partial charge in [0.1, 0.15) is 5.75 Å². The van der Waals surface area contributed by atoms with E-state index in [4.69, 9.17) is 16.3 Å². The summed E-state index contributed by atoms with van der Waals surface area (Å²) in [6.45, 7) is 0. The van der Waals surface area contributed by atoms with E-state index in [1.54, 1.807) is 30.3 Å². The van der Waals surface area contributed by atoms with Gasteiger partial charge in [0.25, 0.3) is 0 Å². The first kappa shape index (κ1) is 13.7. The summed E-state index contributed by atoms with van der Waals surface area (Å²) in [5.74, 6) is 0.678. The SMILES string of the molecule is O=C(c1cccc(OC2CC2)c1)c1cc(Cl)ccc1Br. The lowest BCUT2D eigenvalue weighted by atomic mass is 10.0. The first-order chi connectivity index (χ1) is 9.63. The number of hydrogen-bond acceptors (Lipinski definition) is 2. The summed E-state index contributed by atoms with van der Waals surface area (Å²) in [7, 11) is 0. The standard InChI is InChI=1S/C16H12BrClO2/c17-15-7-4-11(18)9-14(15)16(19)10-2-1-3-13(8-10)20-12-5-6-12/h1-4,7-9,12H,5-6H2. The van der Waals surface area contributed by atoms with Crippen molar-refractivity contribution in [1.29, 1.82) is 0 Å². The Balaban J connectivity index is 1.91. The molecule has 2 nitrogen and oxygen atoms in total. The summed E-state index contributed by atoms with van der Waals surface area (Å²) >= 11 is 9.35. The second-order valence-corrected chi connectivity index (χ2v) is 6.09. The molecule has 0 aromatic heterocycles. The molecule has 1 saturated carbocycles. The van der Waals surface area contributed by atoms with E-state index < -0.39 is 0 Å². The minimum Gasteiger partial charge on any atom is -0.490 e. The molecule has 1 fully saturated rings. The van der Waals surface area contributed by atoms with Crippen molar-refractivity contribution >= 4 is 33.3 Å². The lowest BCUT2D eigenvalue weighted by molar-refractivity contribution is 0.103. The molecule has 0 unspecified atom stereocenters. The van der Waals surface area contributed by atoms with E-state index in [1.807, 2.05) is 12.1 Å². The van der Waals surface area contributed by atoms with Crippen molar-refractivity contribution in [3.8, 4) is 5.75 Å². The number of carbonyl (C=O) groups is 1. The number of rotatable bonds is 4. The van der Waals surface area contributed by atoms with Gasteiger partial charge in [-0.3, -0.25) is 4.79 Å². The van der Waals surface area contributed by atoms with E-state index in [2.05, 4.69) is 15.9 Å². The van der Waals surface area contributed by atoms with Crippen LogP contribution in [0, 0.1) is 0 Å². The van der Waals surface area contributed by atoms with Crippen molar-refractivity contribution in [2.75, 3.05) is 0 Å². The Kier molecular flexibility index (Phi) is 3.81. The third kappa shape index (κ3) is 3.05. The second kappa shape index (κ2) is 5.58. The van der Waals surface area contributed by atoms with Gasteiger partial charge in [-0.15, -0.1) is 0 Å². The molecule has 4 heteroatoms. The fourth-order valence-electron chi connectivity index (χ4n) is 1.92. The predicted octanol–water partition coefficient (Wildman–Crippen LogP) is 4.87. The molecule has 2 aromatic rings. The van der Waals surface area contributed by atoms with Gasteiger partial charge >= 0.3 is 0 Å². The molecule has 0 saturated heterocycles. The molecule has 20 heavy (non-hydrogen) atoms. The molecule has 0 atom stereocenters. The Labute approximate surface area is 130 Å². The van der Waals surface area contributed by atoms with Crippen LogP contribution in [-0.4, -0.2) is 11.9 Å². The molecule has 0 spiro atoms. The molecule has 0 amide bonds. The maximum absolute atomic E-state index is 12.5. The van der Waals surface area contributed by atoms with E-state index in [-0.39, 0.29) is 5.78 Å². The maximum atomic E-state index is 12.5. The smallest absolute Gasteiger partial charge is 0.194 e. The number of carbonyl (C=O) groups excluding carboxylic acids is 1. The van der Waals surface area contributed by atoms with Crippen molar-refractivity contribution < 1.29 is 9.53 Å². The summed E-state index contributed by atoms with van der Waals surface area (Å²) in [6.07, 6.45) is 2.51. The quantitative estimate of drug-likeness (QED) is 0.734. The molecule has 0 heterocycles. The molecule has 0 radical (unpaired) electrons. The van der Waals surface area contributed by atoms with Crippen LogP contribution in [0.5, 0.6) is 5.75 Å². The number of ketones is 1. The van der Waals surface area contributed by atoms with E-state index >= 15 is 0 Å². The van der Waals surface area contributed by atoms with Gasteiger partial charge in [0.2, 0.25) is 0 Å². The minimum atomic E-state index is -0.0689. The Morgan fingerprint density at radius 1 is 1.20 bits per heavy atom. The van der Waals surface area contributed by atoms with E-state index in [9.17, 15) is 4.79 Å². The van der Waals surface area contributed by atoms with Crippen LogP contribution in [0.3, 0.4) is 0 Å². The summed E-state index contributed by atoms with van der Waals surface area (Å²) < 4.78 is 6.45. The Morgan fingerprint density at radius 2 is 2.00 bits per heavy atom. The van der Waals surface area contributed by atoms with Crippen LogP contribution >= 0.6 is 27.5 Å². The van der Waals surface area contributed by atoms with Crippen LogP contribution in [0.4, 0.5) is 0 Å². The van der Waals surface area contributed by atoms with Gasteiger partial charge < -0.3 is 4.74 Å². The summed E-state index contributed by atoms with van der Waals surface area (Å²) in [5.41, 5.74) is 1.16. The Hall–Kier alpha value is -1.32. The third-order valence-electron chi connectivity index (χ3n) is 3.10. The van der Waals surface area contributed by atoms with Crippen LogP contribution in [0.2, 0.25) is 5.02 Å². The largest absolute Gasteiger partial charge is 0.490 e. The van der Waals surface area contributed by atoms with Crippen LogP contribution in [0.15, 0.2) is 46.9 Å². The Bertz CT molecular complexity index is 665. The van der Waals surface area contributed by atoms with E-state index in [0.29, 0.717) is 22.3 Å². The van der Waals surface area contributed by atoms with Crippen LogP contribution in [0.1, 0.15) is 28.8 Å². The van der Waals surface area contributed by atoms with E-state index in [0.717, 1.165) is 23.1 Å². The summed E-state index contributed by atoms with van der Waals surface area (Å²) in [4.78, 5) is 12.5. The van der Waals surface area contributed by atoms with Crippen molar-refractivity contribution in [2.24, 2.45) is 0 Å². The highest BCUT2D eigenvalue weighted by molar-refractivity contribution is 9.10. The first-order valence-electron chi connectivity index (χ1n) is 6.40.